The third-order valence-corrected chi connectivity index (χ3v) is 3.19. The minimum Gasteiger partial charge on any atom is -0.328 e. The first-order chi connectivity index (χ1) is 6.77. The lowest BCUT2D eigenvalue weighted by molar-refractivity contribution is 0.149. The first-order valence-corrected chi connectivity index (χ1v) is 5.57. The standard InChI is InChI=1S/C10H19N3O/c11-9-3-7-13(8-4-9)10(14)12-5-1-2-6-12/h9H,1-8,11H2. The minimum absolute atomic E-state index is 0.231. The van der Waals surface area contributed by atoms with Crippen LogP contribution >= 0.6 is 0 Å². The van der Waals surface area contributed by atoms with Gasteiger partial charge < -0.3 is 15.5 Å². The van der Waals surface area contributed by atoms with Gasteiger partial charge in [0.05, 0.1) is 0 Å². The van der Waals surface area contributed by atoms with E-state index in [9.17, 15) is 4.79 Å². The number of urea groups is 1. The molecule has 0 aliphatic carbocycles. The van der Waals surface area contributed by atoms with E-state index < -0.39 is 0 Å². The second kappa shape index (κ2) is 4.17. The highest BCUT2D eigenvalue weighted by molar-refractivity contribution is 5.74. The molecule has 0 aromatic heterocycles. The molecular formula is C10H19N3O. The zero-order chi connectivity index (χ0) is 9.97. The quantitative estimate of drug-likeness (QED) is 0.619. The largest absolute Gasteiger partial charge is 0.328 e. The number of carbonyl (C=O) groups is 1. The normalized spacial score (nSPS) is 24.4. The molecule has 0 spiro atoms. The number of nitrogens with two attached hydrogens (primary N) is 1. The molecule has 2 aliphatic heterocycles. The van der Waals surface area contributed by atoms with Gasteiger partial charge in [-0.25, -0.2) is 4.79 Å². The van der Waals surface area contributed by atoms with Crippen molar-refractivity contribution in [2.75, 3.05) is 26.2 Å². The fourth-order valence-corrected chi connectivity index (χ4v) is 2.20. The number of likely N-dealkylation sites (tertiary alicyclic amines) is 2. The topological polar surface area (TPSA) is 49.6 Å². The van der Waals surface area contributed by atoms with Crippen LogP contribution in [0.1, 0.15) is 25.7 Å². The van der Waals surface area contributed by atoms with Crippen molar-refractivity contribution in [1.82, 2.24) is 9.80 Å². The Morgan fingerprint density at radius 3 is 2.07 bits per heavy atom. The summed E-state index contributed by atoms with van der Waals surface area (Å²) in [4.78, 5) is 15.8. The molecule has 0 saturated carbocycles. The van der Waals surface area contributed by atoms with Crippen LogP contribution in [-0.4, -0.2) is 48.1 Å². The Morgan fingerprint density at radius 2 is 1.50 bits per heavy atom. The molecule has 0 atom stereocenters. The van der Waals surface area contributed by atoms with Crippen LogP contribution in [0.25, 0.3) is 0 Å². The Bertz CT molecular complexity index is 205. The van der Waals surface area contributed by atoms with E-state index in [0.29, 0.717) is 6.04 Å². The maximum atomic E-state index is 11.9. The molecule has 0 bridgehead atoms. The van der Waals surface area contributed by atoms with Crippen LogP contribution in [-0.2, 0) is 0 Å². The van der Waals surface area contributed by atoms with Crippen LogP contribution in [0.15, 0.2) is 0 Å². The Balaban J connectivity index is 1.85. The van der Waals surface area contributed by atoms with E-state index in [1.807, 2.05) is 9.80 Å². The summed E-state index contributed by atoms with van der Waals surface area (Å²) in [6.45, 7) is 3.58. The van der Waals surface area contributed by atoms with Crippen molar-refractivity contribution in [1.29, 1.82) is 0 Å². The number of hydrogen-bond donors (Lipinski definition) is 1. The number of piperidine rings is 1. The van der Waals surface area contributed by atoms with E-state index in [1.165, 1.54) is 12.8 Å². The van der Waals surface area contributed by atoms with E-state index in [2.05, 4.69) is 0 Å². The van der Waals surface area contributed by atoms with Crippen LogP contribution in [0.3, 0.4) is 0 Å². The predicted octanol–water partition coefficient (Wildman–Crippen LogP) is 0.625. The number of nitrogens with zero attached hydrogens (tertiary/aromatic N) is 2. The maximum Gasteiger partial charge on any atom is 0.319 e. The molecule has 4 heteroatoms. The third-order valence-electron chi connectivity index (χ3n) is 3.19. The lowest BCUT2D eigenvalue weighted by Crippen LogP contribution is -2.48. The van der Waals surface area contributed by atoms with E-state index in [-0.39, 0.29) is 6.03 Å². The van der Waals surface area contributed by atoms with Crippen molar-refractivity contribution in [2.45, 2.75) is 31.7 Å². The first-order valence-electron chi connectivity index (χ1n) is 5.57. The van der Waals surface area contributed by atoms with Crippen LogP contribution < -0.4 is 5.73 Å². The summed E-state index contributed by atoms with van der Waals surface area (Å²) in [5, 5.41) is 0. The van der Waals surface area contributed by atoms with Gasteiger partial charge in [0, 0.05) is 32.2 Å². The average molecular weight is 197 g/mol. The maximum absolute atomic E-state index is 11.9. The molecule has 2 fully saturated rings. The first kappa shape index (κ1) is 9.77. The lowest BCUT2D eigenvalue weighted by Gasteiger charge is -2.33. The molecule has 2 N–H and O–H groups in total. The molecule has 0 unspecified atom stereocenters. The Hall–Kier alpha value is -0.770. The second-order valence-corrected chi connectivity index (χ2v) is 4.30. The molecule has 0 aromatic carbocycles. The molecule has 2 amide bonds. The van der Waals surface area contributed by atoms with Gasteiger partial charge in [0.2, 0.25) is 0 Å². The molecule has 0 radical (unpaired) electrons. The predicted molar refractivity (Wildman–Crippen MR) is 55.0 cm³/mol. The Morgan fingerprint density at radius 1 is 1.00 bits per heavy atom. The highest BCUT2D eigenvalue weighted by atomic mass is 16.2. The molecule has 0 aromatic rings. The fourth-order valence-electron chi connectivity index (χ4n) is 2.20. The van der Waals surface area contributed by atoms with E-state index in [4.69, 9.17) is 5.73 Å². The third kappa shape index (κ3) is 2.00. The van der Waals surface area contributed by atoms with Gasteiger partial charge in [-0.15, -0.1) is 0 Å². The molecule has 4 nitrogen and oxygen atoms in total. The van der Waals surface area contributed by atoms with Gasteiger partial charge in [-0.3, -0.25) is 0 Å². The van der Waals surface area contributed by atoms with Gasteiger partial charge >= 0.3 is 6.03 Å². The summed E-state index contributed by atoms with van der Waals surface area (Å²) < 4.78 is 0. The van der Waals surface area contributed by atoms with Gasteiger partial charge in [-0.1, -0.05) is 0 Å². The van der Waals surface area contributed by atoms with Crippen molar-refractivity contribution in [3.8, 4) is 0 Å². The number of carbonyl (C=O) groups excluding carboxylic acids is 1. The Kier molecular flexibility index (Phi) is 2.91. The second-order valence-electron chi connectivity index (χ2n) is 4.30. The fraction of sp³-hybridized carbons (Fsp3) is 0.900. The van der Waals surface area contributed by atoms with Crippen LogP contribution in [0.2, 0.25) is 0 Å². The Labute approximate surface area is 85.0 Å². The zero-order valence-corrected chi connectivity index (χ0v) is 8.61. The smallest absolute Gasteiger partial charge is 0.319 e. The van der Waals surface area contributed by atoms with E-state index in [1.54, 1.807) is 0 Å². The monoisotopic (exact) mass is 197 g/mol. The lowest BCUT2D eigenvalue weighted by atomic mass is 10.1. The highest BCUT2D eigenvalue weighted by Gasteiger charge is 2.26. The van der Waals surface area contributed by atoms with Gasteiger partial charge in [-0.05, 0) is 25.7 Å². The summed E-state index contributed by atoms with van der Waals surface area (Å²) in [7, 11) is 0. The number of hydrogen-bond acceptors (Lipinski definition) is 2. The molecule has 2 saturated heterocycles. The van der Waals surface area contributed by atoms with Gasteiger partial charge in [0.25, 0.3) is 0 Å². The van der Waals surface area contributed by atoms with Crippen LogP contribution in [0.4, 0.5) is 4.79 Å². The minimum atomic E-state index is 0.231. The zero-order valence-electron chi connectivity index (χ0n) is 8.61. The van der Waals surface area contributed by atoms with Crippen LogP contribution in [0, 0.1) is 0 Å². The summed E-state index contributed by atoms with van der Waals surface area (Å²) in [6, 6.07) is 0.534. The molecule has 80 valence electrons. The van der Waals surface area contributed by atoms with Crippen molar-refractivity contribution in [3.63, 3.8) is 0 Å². The number of rotatable bonds is 0. The van der Waals surface area contributed by atoms with Crippen molar-refractivity contribution in [2.24, 2.45) is 5.73 Å². The van der Waals surface area contributed by atoms with E-state index in [0.717, 1.165) is 39.0 Å². The van der Waals surface area contributed by atoms with Gasteiger partial charge in [0.15, 0.2) is 0 Å². The van der Waals surface area contributed by atoms with E-state index >= 15 is 0 Å². The summed E-state index contributed by atoms with van der Waals surface area (Å²) in [6.07, 6.45) is 4.25. The van der Waals surface area contributed by atoms with Crippen molar-refractivity contribution in [3.05, 3.63) is 0 Å². The summed E-state index contributed by atoms with van der Waals surface area (Å²) in [5.41, 5.74) is 5.80. The van der Waals surface area contributed by atoms with Gasteiger partial charge in [-0.2, -0.15) is 0 Å². The summed E-state index contributed by atoms with van der Waals surface area (Å²) >= 11 is 0. The highest BCUT2D eigenvalue weighted by Crippen LogP contribution is 2.14. The SMILES string of the molecule is NC1CCN(C(=O)N2CCCC2)CC1. The number of amides is 2. The van der Waals surface area contributed by atoms with Crippen molar-refractivity contribution < 1.29 is 4.79 Å². The van der Waals surface area contributed by atoms with Crippen molar-refractivity contribution >= 4 is 6.03 Å². The molecule has 2 heterocycles. The molecule has 2 aliphatic rings. The molecular weight excluding hydrogens is 178 g/mol. The molecule has 2 rings (SSSR count). The average Bonchev–Trinajstić information content (AvgIpc) is 2.71. The molecule has 14 heavy (non-hydrogen) atoms. The van der Waals surface area contributed by atoms with Gasteiger partial charge in [0.1, 0.15) is 0 Å². The van der Waals surface area contributed by atoms with Crippen LogP contribution in [0.5, 0.6) is 0 Å². The summed E-state index contributed by atoms with van der Waals surface area (Å²) in [5.74, 6) is 0.